The van der Waals surface area contributed by atoms with Crippen LogP contribution in [-0.4, -0.2) is 23.8 Å². The van der Waals surface area contributed by atoms with Gasteiger partial charge >= 0.3 is 0 Å². The number of carbonyl (C=O) groups is 1. The third-order valence-electron chi connectivity index (χ3n) is 2.19. The van der Waals surface area contributed by atoms with Crippen molar-refractivity contribution in [1.82, 2.24) is 10.3 Å². The maximum absolute atomic E-state index is 10.2. The second-order valence-electron chi connectivity index (χ2n) is 3.38. The highest BCUT2D eigenvalue weighted by molar-refractivity contribution is 5.92. The number of hydrogen-bond acceptors (Lipinski definition) is 4. The second-order valence-corrected chi connectivity index (χ2v) is 3.38. The van der Waals surface area contributed by atoms with Gasteiger partial charge in [0.1, 0.15) is 11.7 Å². The molecule has 0 bridgehead atoms. The lowest BCUT2D eigenvalue weighted by atomic mass is 10.3. The zero-order valence-electron chi connectivity index (χ0n) is 8.47. The number of nitrogens with one attached hydrogen (secondary N) is 1. The molecule has 2 rings (SSSR count). The summed E-state index contributed by atoms with van der Waals surface area (Å²) in [6, 6.07) is 3.91. The van der Waals surface area contributed by atoms with Crippen LogP contribution in [0.15, 0.2) is 23.4 Å². The molecule has 0 unspecified atom stereocenters. The highest BCUT2D eigenvalue weighted by Gasteiger charge is 2.15. The van der Waals surface area contributed by atoms with Gasteiger partial charge in [-0.15, -0.1) is 0 Å². The molecule has 5 nitrogen and oxygen atoms in total. The number of hydrazone groups is 1. The molecule has 15 heavy (non-hydrogen) atoms. The fraction of sp³-hybridized carbons (Fsp3) is 0.300. The van der Waals surface area contributed by atoms with E-state index in [1.807, 2.05) is 19.1 Å². The Morgan fingerprint density at radius 1 is 1.53 bits per heavy atom. The van der Waals surface area contributed by atoms with Gasteiger partial charge in [-0.2, -0.15) is 5.10 Å². The number of anilines is 1. The quantitative estimate of drug-likeness (QED) is 0.720. The third kappa shape index (κ3) is 2.12. The summed E-state index contributed by atoms with van der Waals surface area (Å²) in [6.45, 7) is 2.75. The summed E-state index contributed by atoms with van der Waals surface area (Å²) >= 11 is 0. The molecule has 1 aliphatic heterocycles. The number of aromatic nitrogens is 1. The number of nitrogens with zero attached hydrogens (tertiary/aromatic N) is 3. The SMILES string of the molecule is Cc1ccc(N2CCC(NC=O)=N2)nc1. The minimum Gasteiger partial charge on any atom is -0.315 e. The van der Waals surface area contributed by atoms with Crippen LogP contribution in [-0.2, 0) is 4.79 Å². The molecule has 0 aliphatic carbocycles. The molecule has 0 atom stereocenters. The fourth-order valence-corrected chi connectivity index (χ4v) is 1.41. The molecule has 1 aromatic rings. The summed E-state index contributed by atoms with van der Waals surface area (Å²) in [5, 5.41) is 8.56. The lowest BCUT2D eigenvalue weighted by Crippen LogP contribution is -2.18. The molecule has 78 valence electrons. The van der Waals surface area contributed by atoms with Crippen LogP contribution in [0.1, 0.15) is 12.0 Å². The number of pyridine rings is 1. The number of amides is 1. The van der Waals surface area contributed by atoms with Crippen molar-refractivity contribution in [2.24, 2.45) is 5.10 Å². The Kier molecular flexibility index (Phi) is 2.62. The van der Waals surface area contributed by atoms with E-state index < -0.39 is 0 Å². The van der Waals surface area contributed by atoms with Crippen LogP contribution in [0, 0.1) is 6.92 Å². The molecule has 2 heterocycles. The van der Waals surface area contributed by atoms with Crippen LogP contribution >= 0.6 is 0 Å². The maximum Gasteiger partial charge on any atom is 0.212 e. The van der Waals surface area contributed by atoms with Gasteiger partial charge in [-0.1, -0.05) is 6.07 Å². The molecular formula is C10H12N4O. The third-order valence-corrected chi connectivity index (χ3v) is 2.19. The Hall–Kier alpha value is -1.91. The van der Waals surface area contributed by atoms with Gasteiger partial charge in [0.2, 0.25) is 6.41 Å². The van der Waals surface area contributed by atoms with E-state index >= 15 is 0 Å². The number of aryl methyl sites for hydroxylation is 1. The van der Waals surface area contributed by atoms with E-state index in [-0.39, 0.29) is 0 Å². The van der Waals surface area contributed by atoms with Crippen molar-refractivity contribution in [3.8, 4) is 0 Å². The fourth-order valence-electron chi connectivity index (χ4n) is 1.41. The maximum atomic E-state index is 10.2. The molecule has 0 fully saturated rings. The van der Waals surface area contributed by atoms with Gasteiger partial charge in [0.05, 0.1) is 6.54 Å². The van der Waals surface area contributed by atoms with E-state index in [9.17, 15) is 4.79 Å². The van der Waals surface area contributed by atoms with E-state index in [1.165, 1.54) is 0 Å². The molecule has 0 radical (unpaired) electrons. The molecule has 0 aromatic carbocycles. The smallest absolute Gasteiger partial charge is 0.212 e. The van der Waals surface area contributed by atoms with Crippen molar-refractivity contribution in [3.63, 3.8) is 0 Å². The van der Waals surface area contributed by atoms with Gasteiger partial charge in [-0.25, -0.2) is 9.99 Å². The van der Waals surface area contributed by atoms with Crippen LogP contribution in [0.3, 0.4) is 0 Å². The van der Waals surface area contributed by atoms with Crippen LogP contribution in [0.5, 0.6) is 0 Å². The Labute approximate surface area is 87.8 Å². The van der Waals surface area contributed by atoms with Crippen molar-refractivity contribution in [3.05, 3.63) is 23.9 Å². The lowest BCUT2D eigenvalue weighted by molar-refractivity contribution is -0.108. The van der Waals surface area contributed by atoms with Gasteiger partial charge in [-0.3, -0.25) is 4.79 Å². The first-order chi connectivity index (χ1) is 7.29. The first kappa shape index (κ1) is 9.64. The van der Waals surface area contributed by atoms with Gasteiger partial charge in [-0.05, 0) is 18.6 Å². The predicted octanol–water partition coefficient (Wildman–Crippen LogP) is 0.660. The summed E-state index contributed by atoms with van der Waals surface area (Å²) in [5.74, 6) is 1.50. The molecule has 0 saturated carbocycles. The van der Waals surface area contributed by atoms with Gasteiger partial charge in [0, 0.05) is 12.6 Å². The Bertz CT molecular complexity index is 385. The summed E-state index contributed by atoms with van der Waals surface area (Å²) in [4.78, 5) is 14.5. The van der Waals surface area contributed by atoms with Gasteiger partial charge in [0.15, 0.2) is 0 Å². The number of hydrogen-bond donors (Lipinski definition) is 1. The van der Waals surface area contributed by atoms with E-state index in [2.05, 4.69) is 15.4 Å². The molecule has 0 saturated heterocycles. The van der Waals surface area contributed by atoms with E-state index in [0.717, 1.165) is 24.3 Å². The second kappa shape index (κ2) is 4.08. The monoisotopic (exact) mass is 204 g/mol. The highest BCUT2D eigenvalue weighted by atomic mass is 16.1. The average Bonchev–Trinajstić information content (AvgIpc) is 2.68. The molecule has 1 aliphatic rings. The van der Waals surface area contributed by atoms with Crippen molar-refractivity contribution < 1.29 is 4.79 Å². The number of rotatable bonds is 2. The van der Waals surface area contributed by atoms with Crippen molar-refractivity contribution in [2.45, 2.75) is 13.3 Å². The van der Waals surface area contributed by atoms with Crippen molar-refractivity contribution in [2.75, 3.05) is 11.6 Å². The highest BCUT2D eigenvalue weighted by Crippen LogP contribution is 2.15. The number of amidine groups is 1. The van der Waals surface area contributed by atoms with Crippen LogP contribution in [0.4, 0.5) is 5.82 Å². The molecule has 1 N–H and O–H groups in total. The zero-order valence-corrected chi connectivity index (χ0v) is 8.47. The Balaban J connectivity index is 2.13. The molecular weight excluding hydrogens is 192 g/mol. The van der Waals surface area contributed by atoms with E-state index in [1.54, 1.807) is 11.2 Å². The Morgan fingerprint density at radius 2 is 2.40 bits per heavy atom. The van der Waals surface area contributed by atoms with Crippen LogP contribution in [0.25, 0.3) is 0 Å². The zero-order chi connectivity index (χ0) is 10.7. The van der Waals surface area contributed by atoms with Gasteiger partial charge in [0.25, 0.3) is 0 Å². The van der Waals surface area contributed by atoms with Crippen LogP contribution < -0.4 is 10.3 Å². The van der Waals surface area contributed by atoms with Crippen molar-refractivity contribution >= 4 is 18.1 Å². The van der Waals surface area contributed by atoms with Gasteiger partial charge < -0.3 is 5.32 Å². The minimum absolute atomic E-state index is 0.644. The molecule has 1 aromatic heterocycles. The predicted molar refractivity (Wildman–Crippen MR) is 57.6 cm³/mol. The molecule has 1 amide bonds. The lowest BCUT2D eigenvalue weighted by Gasteiger charge is -2.11. The summed E-state index contributed by atoms with van der Waals surface area (Å²) in [5.41, 5.74) is 1.12. The van der Waals surface area contributed by atoms with E-state index in [4.69, 9.17) is 0 Å². The average molecular weight is 204 g/mol. The number of carbonyl (C=O) groups excluding carboxylic acids is 1. The Morgan fingerprint density at radius 3 is 3.07 bits per heavy atom. The first-order valence-corrected chi connectivity index (χ1v) is 4.77. The van der Waals surface area contributed by atoms with Crippen LogP contribution in [0.2, 0.25) is 0 Å². The van der Waals surface area contributed by atoms with Crippen molar-refractivity contribution in [1.29, 1.82) is 0 Å². The summed E-state index contributed by atoms with van der Waals surface area (Å²) in [7, 11) is 0. The minimum atomic E-state index is 0.644. The normalized spacial score (nSPS) is 15.0. The van der Waals surface area contributed by atoms with E-state index in [0.29, 0.717) is 12.2 Å². The molecule has 0 spiro atoms. The topological polar surface area (TPSA) is 57.6 Å². The largest absolute Gasteiger partial charge is 0.315 e. The first-order valence-electron chi connectivity index (χ1n) is 4.77. The summed E-state index contributed by atoms with van der Waals surface area (Å²) < 4.78 is 0. The summed E-state index contributed by atoms with van der Waals surface area (Å²) in [6.07, 6.45) is 3.19. The standard InChI is InChI=1S/C10H12N4O/c1-8-2-3-10(11-6-8)14-5-4-9(13-14)12-7-15/h2-3,6-7H,4-5H2,1H3,(H,12,13,15). The molecule has 5 heteroatoms.